The van der Waals surface area contributed by atoms with Crippen LogP contribution in [0.2, 0.25) is 0 Å². The molecular formula is C23H18N8O2. The van der Waals surface area contributed by atoms with Crippen LogP contribution in [-0.2, 0) is 13.2 Å². The summed E-state index contributed by atoms with van der Waals surface area (Å²) in [6.45, 7) is 2.81. The molecule has 0 spiro atoms. The molecular weight excluding hydrogens is 420 g/mol. The van der Waals surface area contributed by atoms with Gasteiger partial charge in [0.15, 0.2) is 11.3 Å². The van der Waals surface area contributed by atoms with Crippen LogP contribution in [0.15, 0.2) is 71.9 Å². The number of ether oxygens (including phenoxy) is 1. The van der Waals surface area contributed by atoms with Gasteiger partial charge in [0.05, 0.1) is 12.0 Å². The zero-order chi connectivity index (χ0) is 22.2. The van der Waals surface area contributed by atoms with E-state index in [-0.39, 0.29) is 6.61 Å². The second-order valence-electron chi connectivity index (χ2n) is 7.61. The summed E-state index contributed by atoms with van der Waals surface area (Å²) in [5.74, 6) is 1.63. The van der Waals surface area contributed by atoms with E-state index in [2.05, 4.69) is 30.4 Å². The Morgan fingerprint density at radius 3 is 2.73 bits per heavy atom. The fourth-order valence-electron chi connectivity index (χ4n) is 3.66. The summed E-state index contributed by atoms with van der Waals surface area (Å²) in [5.41, 5.74) is 3.06. The van der Waals surface area contributed by atoms with Crippen molar-refractivity contribution in [1.29, 1.82) is 0 Å². The minimum Gasteiger partial charge on any atom is -0.470 e. The summed E-state index contributed by atoms with van der Waals surface area (Å²) in [7, 11) is 0. The van der Waals surface area contributed by atoms with Crippen molar-refractivity contribution in [1.82, 2.24) is 39.5 Å². The number of pyridine rings is 1. The van der Waals surface area contributed by atoms with Crippen molar-refractivity contribution >= 4 is 16.4 Å². The highest BCUT2D eigenvalue weighted by Gasteiger charge is 2.18. The molecule has 0 radical (unpaired) electrons. The van der Waals surface area contributed by atoms with E-state index in [9.17, 15) is 0 Å². The van der Waals surface area contributed by atoms with Gasteiger partial charge in [0.1, 0.15) is 12.4 Å². The molecule has 0 bridgehead atoms. The quantitative estimate of drug-likeness (QED) is 0.389. The van der Waals surface area contributed by atoms with Gasteiger partial charge in [-0.15, -0.1) is 15.3 Å². The lowest BCUT2D eigenvalue weighted by atomic mass is 10.2. The number of aryl methyl sites for hydroxylation is 1. The Kier molecular flexibility index (Phi) is 4.53. The smallest absolute Gasteiger partial charge is 0.240 e. The van der Waals surface area contributed by atoms with Crippen molar-refractivity contribution in [3.63, 3.8) is 0 Å². The molecule has 10 heteroatoms. The lowest BCUT2D eigenvalue weighted by Gasteiger charge is -2.10. The van der Waals surface area contributed by atoms with E-state index in [0.717, 1.165) is 28.6 Å². The van der Waals surface area contributed by atoms with E-state index >= 15 is 0 Å². The maximum absolute atomic E-state index is 6.12. The van der Waals surface area contributed by atoms with E-state index in [1.165, 1.54) is 0 Å². The van der Waals surface area contributed by atoms with Crippen LogP contribution >= 0.6 is 0 Å². The normalized spacial score (nSPS) is 11.4. The largest absolute Gasteiger partial charge is 0.470 e. The second kappa shape index (κ2) is 7.83. The fourth-order valence-corrected chi connectivity index (χ4v) is 3.66. The maximum Gasteiger partial charge on any atom is 0.240 e. The van der Waals surface area contributed by atoms with Crippen LogP contribution in [0.4, 0.5) is 0 Å². The second-order valence-corrected chi connectivity index (χ2v) is 7.61. The number of fused-ring (bicyclic) bond motifs is 3. The molecule has 0 fully saturated rings. The fraction of sp³-hybridized carbons (Fsp3) is 0.130. The Morgan fingerprint density at radius 2 is 1.97 bits per heavy atom. The number of nitrogens with zero attached hydrogens (tertiary/aromatic N) is 8. The Bertz CT molecular complexity index is 1550. The summed E-state index contributed by atoms with van der Waals surface area (Å²) < 4.78 is 14.9. The standard InChI is InChI=1S/C23H18N8O2/c1-15-10-20(29-33-15)22-27-26-21-18-4-2-3-5-19(18)23(28-31(21)22)32-13-17-7-6-16(11-25-17)12-30-9-8-24-14-30/h2-11,14H,12-13H2,1H3. The number of hydrogen-bond acceptors (Lipinski definition) is 8. The zero-order valence-electron chi connectivity index (χ0n) is 17.7. The predicted octanol–water partition coefficient (Wildman–Crippen LogP) is 3.46. The maximum atomic E-state index is 6.12. The van der Waals surface area contributed by atoms with Crippen molar-refractivity contribution < 1.29 is 9.26 Å². The molecule has 0 N–H and O–H groups in total. The highest BCUT2D eigenvalue weighted by atomic mass is 16.5. The summed E-state index contributed by atoms with van der Waals surface area (Å²) in [5, 5.41) is 19.1. The molecule has 162 valence electrons. The monoisotopic (exact) mass is 438 g/mol. The first-order valence-electron chi connectivity index (χ1n) is 10.3. The first-order valence-corrected chi connectivity index (χ1v) is 10.3. The van der Waals surface area contributed by atoms with E-state index in [0.29, 0.717) is 28.8 Å². The SMILES string of the molecule is Cc1cc(-c2nnc3c4ccccc4c(OCc4ccc(Cn5ccnc5)cn4)nn23)no1. The van der Waals surface area contributed by atoms with Gasteiger partial charge < -0.3 is 13.8 Å². The van der Waals surface area contributed by atoms with Crippen molar-refractivity contribution in [2.75, 3.05) is 0 Å². The molecule has 0 aliphatic heterocycles. The minimum absolute atomic E-state index is 0.272. The highest BCUT2D eigenvalue weighted by Crippen LogP contribution is 2.29. The molecule has 5 heterocycles. The first-order chi connectivity index (χ1) is 16.2. The molecule has 1 aromatic carbocycles. The Balaban J connectivity index is 1.32. The van der Waals surface area contributed by atoms with Gasteiger partial charge in [0.25, 0.3) is 0 Å². The van der Waals surface area contributed by atoms with Gasteiger partial charge in [0, 0.05) is 42.0 Å². The molecule has 0 unspecified atom stereocenters. The summed E-state index contributed by atoms with van der Waals surface area (Å²) in [6, 6.07) is 13.6. The van der Waals surface area contributed by atoms with Gasteiger partial charge in [-0.25, -0.2) is 4.98 Å². The van der Waals surface area contributed by atoms with Gasteiger partial charge in [-0.1, -0.05) is 29.4 Å². The van der Waals surface area contributed by atoms with E-state index in [1.807, 2.05) is 60.3 Å². The van der Waals surface area contributed by atoms with Crippen LogP contribution in [0.1, 0.15) is 17.0 Å². The molecule has 10 nitrogen and oxygen atoms in total. The lowest BCUT2D eigenvalue weighted by molar-refractivity contribution is 0.289. The average molecular weight is 438 g/mol. The molecule has 6 aromatic rings. The molecule has 33 heavy (non-hydrogen) atoms. The van der Waals surface area contributed by atoms with Crippen LogP contribution in [0.25, 0.3) is 27.9 Å². The molecule has 0 saturated heterocycles. The molecule has 0 amide bonds. The van der Waals surface area contributed by atoms with Gasteiger partial charge in [-0.2, -0.15) is 4.52 Å². The lowest BCUT2D eigenvalue weighted by Crippen LogP contribution is -2.05. The van der Waals surface area contributed by atoms with Gasteiger partial charge in [-0.3, -0.25) is 4.98 Å². The van der Waals surface area contributed by atoms with Gasteiger partial charge in [0.2, 0.25) is 11.7 Å². The predicted molar refractivity (Wildman–Crippen MR) is 118 cm³/mol. The molecule has 0 saturated carbocycles. The third-order valence-electron chi connectivity index (χ3n) is 5.25. The number of benzene rings is 1. The average Bonchev–Trinajstić information content (AvgIpc) is 3.59. The summed E-state index contributed by atoms with van der Waals surface area (Å²) in [6.07, 6.45) is 7.31. The Morgan fingerprint density at radius 1 is 1.06 bits per heavy atom. The van der Waals surface area contributed by atoms with Crippen LogP contribution in [0.3, 0.4) is 0 Å². The molecule has 0 atom stereocenters. The number of rotatable bonds is 6. The molecule has 6 rings (SSSR count). The molecule has 0 aliphatic rings. The third-order valence-corrected chi connectivity index (χ3v) is 5.25. The minimum atomic E-state index is 0.272. The van der Waals surface area contributed by atoms with Crippen molar-refractivity contribution in [3.8, 4) is 17.4 Å². The summed E-state index contributed by atoms with van der Waals surface area (Å²) in [4.78, 5) is 8.60. The van der Waals surface area contributed by atoms with Crippen LogP contribution in [-0.4, -0.2) is 39.5 Å². The van der Waals surface area contributed by atoms with Gasteiger partial charge >= 0.3 is 0 Å². The van der Waals surface area contributed by atoms with E-state index in [1.54, 1.807) is 23.1 Å². The van der Waals surface area contributed by atoms with Crippen molar-refractivity contribution in [2.45, 2.75) is 20.1 Å². The zero-order valence-corrected chi connectivity index (χ0v) is 17.7. The first kappa shape index (κ1) is 19.1. The summed E-state index contributed by atoms with van der Waals surface area (Å²) >= 11 is 0. The number of aromatic nitrogens is 8. The van der Waals surface area contributed by atoms with Crippen molar-refractivity contribution in [2.24, 2.45) is 0 Å². The Labute approximate surface area is 187 Å². The third kappa shape index (κ3) is 3.57. The number of hydrogen-bond donors (Lipinski definition) is 0. The molecule has 0 aliphatic carbocycles. The number of imidazole rings is 1. The van der Waals surface area contributed by atoms with E-state index in [4.69, 9.17) is 9.26 Å². The van der Waals surface area contributed by atoms with Crippen LogP contribution in [0, 0.1) is 6.92 Å². The highest BCUT2D eigenvalue weighted by molar-refractivity contribution is 5.96. The van der Waals surface area contributed by atoms with Crippen LogP contribution in [0.5, 0.6) is 5.88 Å². The topological polar surface area (TPSA) is 109 Å². The van der Waals surface area contributed by atoms with Crippen molar-refractivity contribution in [3.05, 3.63) is 84.4 Å². The Hall–Kier alpha value is -4.60. The van der Waals surface area contributed by atoms with Gasteiger partial charge in [-0.05, 0) is 24.6 Å². The van der Waals surface area contributed by atoms with E-state index < -0.39 is 0 Å². The molecule has 5 aromatic heterocycles. The van der Waals surface area contributed by atoms with Crippen LogP contribution < -0.4 is 4.74 Å².